The highest BCUT2D eigenvalue weighted by Gasteiger charge is 2.24. The van der Waals surface area contributed by atoms with E-state index in [1.807, 2.05) is 0 Å². The van der Waals surface area contributed by atoms with Crippen molar-refractivity contribution >= 4 is 5.91 Å². The fourth-order valence-corrected chi connectivity index (χ4v) is 2.82. The Labute approximate surface area is 112 Å². The van der Waals surface area contributed by atoms with Crippen molar-refractivity contribution in [1.82, 2.24) is 10.6 Å². The third-order valence-electron chi connectivity index (χ3n) is 4.12. The van der Waals surface area contributed by atoms with Gasteiger partial charge in [0.25, 0.3) is 0 Å². The molecule has 0 aromatic rings. The van der Waals surface area contributed by atoms with Crippen LogP contribution in [0, 0.1) is 17.8 Å². The molecule has 3 unspecified atom stereocenters. The number of carbonyl (C=O) groups is 1. The van der Waals surface area contributed by atoms with Crippen LogP contribution in [-0.2, 0) is 4.79 Å². The molecule has 1 saturated carbocycles. The molecule has 0 radical (unpaired) electrons. The molecule has 0 saturated heterocycles. The number of hydrogen-bond acceptors (Lipinski definition) is 2. The fourth-order valence-electron chi connectivity index (χ4n) is 2.82. The van der Waals surface area contributed by atoms with Gasteiger partial charge in [-0.15, -0.1) is 0 Å². The summed E-state index contributed by atoms with van der Waals surface area (Å²) in [6, 6.07) is 0.771. The third-order valence-corrected chi connectivity index (χ3v) is 4.12. The Morgan fingerprint density at radius 2 is 1.67 bits per heavy atom. The lowest BCUT2D eigenvalue weighted by Crippen LogP contribution is -2.45. The second kappa shape index (κ2) is 7.13. The molecule has 3 atom stereocenters. The van der Waals surface area contributed by atoms with E-state index in [1.165, 1.54) is 19.3 Å². The summed E-state index contributed by atoms with van der Waals surface area (Å²) in [6.07, 6.45) is 3.74. The Kier molecular flexibility index (Phi) is 6.13. The zero-order chi connectivity index (χ0) is 13.7. The predicted molar refractivity (Wildman–Crippen MR) is 76.4 cm³/mol. The van der Waals surface area contributed by atoms with Crippen LogP contribution in [0.1, 0.15) is 53.9 Å². The van der Waals surface area contributed by atoms with E-state index in [-0.39, 0.29) is 11.9 Å². The Balaban J connectivity index is 2.25. The maximum Gasteiger partial charge on any atom is 0.234 e. The molecule has 0 heterocycles. The summed E-state index contributed by atoms with van der Waals surface area (Å²) in [6.45, 7) is 11.4. The highest BCUT2D eigenvalue weighted by molar-refractivity contribution is 5.78. The summed E-state index contributed by atoms with van der Waals surface area (Å²) in [5.41, 5.74) is 0. The highest BCUT2D eigenvalue weighted by Crippen LogP contribution is 2.28. The number of nitrogens with one attached hydrogen (secondary N) is 2. The van der Waals surface area contributed by atoms with Crippen molar-refractivity contribution in [1.29, 1.82) is 0 Å². The summed E-state index contributed by atoms with van der Waals surface area (Å²) in [5, 5.41) is 6.45. The number of rotatable bonds is 5. The average molecular weight is 254 g/mol. The first-order valence-electron chi connectivity index (χ1n) is 7.41. The molecule has 1 aliphatic carbocycles. The molecule has 18 heavy (non-hydrogen) atoms. The van der Waals surface area contributed by atoms with Gasteiger partial charge in [0.1, 0.15) is 0 Å². The highest BCUT2D eigenvalue weighted by atomic mass is 16.1. The topological polar surface area (TPSA) is 41.1 Å². The Hall–Kier alpha value is -0.570. The van der Waals surface area contributed by atoms with Crippen LogP contribution in [0.25, 0.3) is 0 Å². The quantitative estimate of drug-likeness (QED) is 0.791. The van der Waals surface area contributed by atoms with E-state index in [0.717, 1.165) is 11.8 Å². The number of amides is 1. The molecule has 1 fully saturated rings. The largest absolute Gasteiger partial charge is 0.352 e. The molecule has 3 nitrogen and oxygen atoms in total. The molecular formula is C15H30N2O. The van der Waals surface area contributed by atoms with E-state index in [9.17, 15) is 4.79 Å². The lowest BCUT2D eigenvalue weighted by atomic mass is 9.80. The normalized spacial score (nSPS) is 30.2. The van der Waals surface area contributed by atoms with Crippen LogP contribution in [-0.4, -0.2) is 24.5 Å². The Morgan fingerprint density at radius 3 is 2.17 bits per heavy atom. The SMILES string of the molecule is CC1CC(C)CC(NCC(=O)NC(C)C(C)C)C1. The summed E-state index contributed by atoms with van der Waals surface area (Å²) in [5.74, 6) is 2.18. The average Bonchev–Trinajstić information content (AvgIpc) is 2.25. The number of hydrogen-bond donors (Lipinski definition) is 2. The smallest absolute Gasteiger partial charge is 0.234 e. The molecule has 0 aliphatic heterocycles. The van der Waals surface area contributed by atoms with Gasteiger partial charge in [-0.3, -0.25) is 4.79 Å². The Bertz CT molecular complexity index is 255. The van der Waals surface area contributed by atoms with E-state index in [1.54, 1.807) is 0 Å². The van der Waals surface area contributed by atoms with Crippen LogP contribution in [0.5, 0.6) is 0 Å². The minimum atomic E-state index is 0.127. The van der Waals surface area contributed by atoms with Gasteiger partial charge in [0.05, 0.1) is 6.54 Å². The van der Waals surface area contributed by atoms with Crippen molar-refractivity contribution in [3.05, 3.63) is 0 Å². The van der Waals surface area contributed by atoms with Crippen molar-refractivity contribution in [3.63, 3.8) is 0 Å². The molecule has 106 valence electrons. The van der Waals surface area contributed by atoms with Crippen LogP contribution < -0.4 is 10.6 Å². The van der Waals surface area contributed by atoms with Crippen molar-refractivity contribution < 1.29 is 4.79 Å². The summed E-state index contributed by atoms with van der Waals surface area (Å²) < 4.78 is 0. The van der Waals surface area contributed by atoms with Crippen LogP contribution in [0.15, 0.2) is 0 Å². The van der Waals surface area contributed by atoms with E-state index in [4.69, 9.17) is 0 Å². The monoisotopic (exact) mass is 254 g/mol. The van der Waals surface area contributed by atoms with Gasteiger partial charge in [0.15, 0.2) is 0 Å². The van der Waals surface area contributed by atoms with Gasteiger partial charge in [-0.1, -0.05) is 27.7 Å². The molecule has 0 aromatic carbocycles. The Morgan fingerprint density at radius 1 is 1.11 bits per heavy atom. The number of carbonyl (C=O) groups excluding carboxylic acids is 1. The fraction of sp³-hybridized carbons (Fsp3) is 0.933. The predicted octanol–water partition coefficient (Wildman–Crippen LogP) is 2.56. The van der Waals surface area contributed by atoms with Gasteiger partial charge >= 0.3 is 0 Å². The minimum absolute atomic E-state index is 0.127. The second-order valence-corrected chi connectivity index (χ2v) is 6.60. The maximum absolute atomic E-state index is 11.8. The molecule has 3 heteroatoms. The lowest BCUT2D eigenvalue weighted by molar-refractivity contribution is -0.121. The lowest BCUT2D eigenvalue weighted by Gasteiger charge is -2.32. The summed E-state index contributed by atoms with van der Waals surface area (Å²) >= 11 is 0. The first-order valence-corrected chi connectivity index (χ1v) is 7.41. The first kappa shape index (κ1) is 15.5. The molecule has 1 aliphatic rings. The molecule has 2 N–H and O–H groups in total. The van der Waals surface area contributed by atoms with Gasteiger partial charge in [-0.05, 0) is 43.9 Å². The molecule has 0 aromatic heterocycles. The van der Waals surface area contributed by atoms with Gasteiger partial charge < -0.3 is 10.6 Å². The molecular weight excluding hydrogens is 224 g/mol. The minimum Gasteiger partial charge on any atom is -0.352 e. The van der Waals surface area contributed by atoms with E-state index >= 15 is 0 Å². The summed E-state index contributed by atoms with van der Waals surface area (Å²) in [4.78, 5) is 11.8. The zero-order valence-corrected chi connectivity index (χ0v) is 12.6. The standard InChI is InChI=1S/C15H30N2O/c1-10(2)13(5)17-15(18)9-16-14-7-11(3)6-12(4)8-14/h10-14,16H,6-9H2,1-5H3,(H,17,18). The zero-order valence-electron chi connectivity index (χ0n) is 12.6. The molecule has 1 amide bonds. The van der Waals surface area contributed by atoms with Crippen molar-refractivity contribution in [2.75, 3.05) is 6.54 Å². The van der Waals surface area contributed by atoms with Crippen LogP contribution in [0.3, 0.4) is 0 Å². The van der Waals surface area contributed by atoms with Gasteiger partial charge in [0.2, 0.25) is 5.91 Å². The first-order chi connectivity index (χ1) is 8.38. The van der Waals surface area contributed by atoms with Crippen molar-refractivity contribution in [2.24, 2.45) is 17.8 Å². The van der Waals surface area contributed by atoms with Crippen LogP contribution in [0.2, 0.25) is 0 Å². The molecule has 1 rings (SSSR count). The molecule has 0 bridgehead atoms. The maximum atomic E-state index is 11.8. The van der Waals surface area contributed by atoms with E-state index < -0.39 is 0 Å². The van der Waals surface area contributed by atoms with Gasteiger partial charge in [-0.2, -0.15) is 0 Å². The van der Waals surface area contributed by atoms with Crippen LogP contribution >= 0.6 is 0 Å². The van der Waals surface area contributed by atoms with Gasteiger partial charge in [-0.25, -0.2) is 0 Å². The molecule has 0 spiro atoms. The summed E-state index contributed by atoms with van der Waals surface area (Å²) in [7, 11) is 0. The third kappa shape index (κ3) is 5.38. The van der Waals surface area contributed by atoms with Crippen molar-refractivity contribution in [2.45, 2.75) is 66.0 Å². The van der Waals surface area contributed by atoms with Crippen molar-refractivity contribution in [3.8, 4) is 0 Å². The second-order valence-electron chi connectivity index (χ2n) is 6.60. The van der Waals surface area contributed by atoms with Gasteiger partial charge in [0, 0.05) is 12.1 Å². The van der Waals surface area contributed by atoms with Crippen LogP contribution in [0.4, 0.5) is 0 Å². The van der Waals surface area contributed by atoms with E-state index in [0.29, 0.717) is 18.5 Å². The van der Waals surface area contributed by atoms with E-state index in [2.05, 4.69) is 45.3 Å².